The van der Waals surface area contributed by atoms with Crippen molar-refractivity contribution in [1.82, 2.24) is 10.6 Å². The van der Waals surface area contributed by atoms with Crippen LogP contribution in [0.3, 0.4) is 0 Å². The van der Waals surface area contributed by atoms with E-state index in [0.717, 1.165) is 6.42 Å². The fraction of sp³-hybridized carbons (Fsp3) is 0.526. The lowest BCUT2D eigenvalue weighted by molar-refractivity contribution is -0.142. The Hall–Kier alpha value is -2.28. The molecule has 7 nitrogen and oxygen atoms in total. The van der Waals surface area contributed by atoms with E-state index in [1.54, 1.807) is 17.0 Å². The SMILES string of the molecule is O=C(NC1CCC(C(=O)O)CC1)NC1CCCN(c2ccccc2Cl)C1=O. The van der Waals surface area contributed by atoms with Crippen molar-refractivity contribution in [3.63, 3.8) is 0 Å². The summed E-state index contributed by atoms with van der Waals surface area (Å²) < 4.78 is 0. The van der Waals surface area contributed by atoms with Gasteiger partial charge in [-0.2, -0.15) is 0 Å². The van der Waals surface area contributed by atoms with Crippen molar-refractivity contribution >= 4 is 35.2 Å². The molecule has 3 amide bonds. The molecule has 1 unspecified atom stereocenters. The first-order valence-corrected chi connectivity index (χ1v) is 9.69. The Labute approximate surface area is 163 Å². The Morgan fingerprint density at radius 3 is 2.44 bits per heavy atom. The summed E-state index contributed by atoms with van der Waals surface area (Å²) in [4.78, 5) is 37.7. The number of rotatable bonds is 4. The fourth-order valence-electron chi connectivity index (χ4n) is 3.79. The average Bonchev–Trinajstić information content (AvgIpc) is 2.64. The van der Waals surface area contributed by atoms with Gasteiger partial charge in [0.2, 0.25) is 5.91 Å². The van der Waals surface area contributed by atoms with E-state index in [9.17, 15) is 14.4 Å². The van der Waals surface area contributed by atoms with Crippen LogP contribution in [0.2, 0.25) is 5.02 Å². The number of benzene rings is 1. The first kappa shape index (κ1) is 19.5. The number of piperidine rings is 1. The largest absolute Gasteiger partial charge is 0.481 e. The monoisotopic (exact) mass is 393 g/mol. The van der Waals surface area contributed by atoms with Crippen LogP contribution in [0.1, 0.15) is 38.5 Å². The molecule has 0 aromatic heterocycles. The third kappa shape index (κ3) is 4.71. The third-order valence-corrected chi connectivity index (χ3v) is 5.62. The van der Waals surface area contributed by atoms with Crippen LogP contribution in [0.5, 0.6) is 0 Å². The minimum Gasteiger partial charge on any atom is -0.481 e. The summed E-state index contributed by atoms with van der Waals surface area (Å²) in [6.07, 6.45) is 3.74. The number of aliphatic carboxylic acids is 1. The molecule has 1 saturated carbocycles. The van der Waals surface area contributed by atoms with E-state index in [-0.39, 0.29) is 23.9 Å². The van der Waals surface area contributed by atoms with Gasteiger partial charge in [-0.3, -0.25) is 9.59 Å². The number of carbonyl (C=O) groups excluding carboxylic acids is 2. The second-order valence-electron chi connectivity index (χ2n) is 7.14. The van der Waals surface area contributed by atoms with Crippen molar-refractivity contribution in [2.75, 3.05) is 11.4 Å². The van der Waals surface area contributed by atoms with E-state index in [2.05, 4.69) is 10.6 Å². The van der Waals surface area contributed by atoms with Crippen LogP contribution in [-0.4, -0.2) is 41.6 Å². The lowest BCUT2D eigenvalue weighted by Gasteiger charge is -2.34. The van der Waals surface area contributed by atoms with E-state index in [0.29, 0.717) is 49.4 Å². The quantitative estimate of drug-likeness (QED) is 0.732. The Morgan fingerprint density at radius 2 is 1.78 bits per heavy atom. The molecular weight excluding hydrogens is 370 g/mol. The first-order chi connectivity index (χ1) is 13.0. The van der Waals surface area contributed by atoms with Crippen molar-refractivity contribution < 1.29 is 19.5 Å². The maximum absolute atomic E-state index is 12.8. The van der Waals surface area contributed by atoms with Crippen LogP contribution in [0, 0.1) is 5.92 Å². The molecular formula is C19H24ClN3O4. The number of amides is 3. The molecule has 1 aromatic rings. The van der Waals surface area contributed by atoms with Crippen molar-refractivity contribution in [2.24, 2.45) is 5.92 Å². The number of halogens is 1. The Balaban J connectivity index is 1.54. The summed E-state index contributed by atoms with van der Waals surface area (Å²) >= 11 is 6.20. The van der Waals surface area contributed by atoms with Crippen LogP contribution in [0.4, 0.5) is 10.5 Å². The minimum absolute atomic E-state index is 0.0565. The van der Waals surface area contributed by atoms with Crippen LogP contribution >= 0.6 is 11.6 Å². The molecule has 3 N–H and O–H groups in total. The van der Waals surface area contributed by atoms with E-state index >= 15 is 0 Å². The molecule has 146 valence electrons. The van der Waals surface area contributed by atoms with Gasteiger partial charge in [0.25, 0.3) is 0 Å². The number of carboxylic acids is 1. The first-order valence-electron chi connectivity index (χ1n) is 9.31. The molecule has 3 rings (SSSR count). The van der Waals surface area contributed by atoms with Crippen molar-refractivity contribution in [3.8, 4) is 0 Å². The molecule has 2 aliphatic rings. The zero-order chi connectivity index (χ0) is 19.4. The Bertz CT molecular complexity index is 719. The zero-order valence-corrected chi connectivity index (χ0v) is 15.7. The molecule has 0 radical (unpaired) electrons. The summed E-state index contributed by atoms with van der Waals surface area (Å²) in [5.41, 5.74) is 0.656. The molecule has 1 aromatic carbocycles. The molecule has 27 heavy (non-hydrogen) atoms. The van der Waals surface area contributed by atoms with Gasteiger partial charge in [0.1, 0.15) is 6.04 Å². The molecule has 8 heteroatoms. The number of nitrogens with one attached hydrogen (secondary N) is 2. The summed E-state index contributed by atoms with van der Waals surface area (Å²) in [5.74, 6) is -1.26. The van der Waals surface area contributed by atoms with Gasteiger partial charge in [-0.25, -0.2) is 4.79 Å². The predicted octanol–water partition coefficient (Wildman–Crippen LogP) is 2.78. The van der Waals surface area contributed by atoms with E-state index in [1.165, 1.54) is 0 Å². The molecule has 0 spiro atoms. The van der Waals surface area contributed by atoms with Gasteiger partial charge in [0, 0.05) is 12.6 Å². The van der Waals surface area contributed by atoms with Gasteiger partial charge >= 0.3 is 12.0 Å². The zero-order valence-electron chi connectivity index (χ0n) is 15.0. The molecule has 1 aliphatic heterocycles. The maximum atomic E-state index is 12.8. The number of carboxylic acid groups (broad SMARTS) is 1. The van der Waals surface area contributed by atoms with Gasteiger partial charge in [-0.1, -0.05) is 23.7 Å². The van der Waals surface area contributed by atoms with Gasteiger partial charge in [-0.15, -0.1) is 0 Å². The van der Waals surface area contributed by atoms with Crippen molar-refractivity contribution in [1.29, 1.82) is 0 Å². The van der Waals surface area contributed by atoms with Gasteiger partial charge in [0.05, 0.1) is 16.6 Å². The summed E-state index contributed by atoms with van der Waals surface area (Å²) in [7, 11) is 0. The van der Waals surface area contributed by atoms with Crippen molar-refractivity contribution in [3.05, 3.63) is 29.3 Å². The van der Waals surface area contributed by atoms with Gasteiger partial charge < -0.3 is 20.6 Å². The van der Waals surface area contributed by atoms with Crippen molar-refractivity contribution in [2.45, 2.75) is 50.6 Å². The van der Waals surface area contributed by atoms with Gasteiger partial charge in [0.15, 0.2) is 0 Å². The highest BCUT2D eigenvalue weighted by Crippen LogP contribution is 2.28. The fourth-order valence-corrected chi connectivity index (χ4v) is 4.03. The molecule has 2 fully saturated rings. The highest BCUT2D eigenvalue weighted by atomic mass is 35.5. The molecule has 1 aliphatic carbocycles. The number of urea groups is 1. The Morgan fingerprint density at radius 1 is 1.07 bits per heavy atom. The lowest BCUT2D eigenvalue weighted by Crippen LogP contribution is -2.56. The molecule has 1 heterocycles. The molecule has 1 saturated heterocycles. The number of carbonyl (C=O) groups is 3. The number of nitrogens with zero attached hydrogens (tertiary/aromatic N) is 1. The maximum Gasteiger partial charge on any atom is 0.315 e. The normalized spacial score (nSPS) is 25.7. The molecule has 0 bridgehead atoms. The smallest absolute Gasteiger partial charge is 0.315 e. The minimum atomic E-state index is -0.773. The van der Waals surface area contributed by atoms with Crippen LogP contribution < -0.4 is 15.5 Å². The van der Waals surface area contributed by atoms with E-state index < -0.39 is 12.0 Å². The van der Waals surface area contributed by atoms with Crippen LogP contribution in [-0.2, 0) is 9.59 Å². The van der Waals surface area contributed by atoms with Crippen LogP contribution in [0.15, 0.2) is 24.3 Å². The number of para-hydroxylation sites is 1. The summed E-state index contributed by atoms with van der Waals surface area (Å²) in [6.45, 7) is 0.571. The topological polar surface area (TPSA) is 98.7 Å². The molecule has 1 atom stereocenters. The van der Waals surface area contributed by atoms with Crippen LogP contribution in [0.25, 0.3) is 0 Å². The third-order valence-electron chi connectivity index (χ3n) is 5.30. The highest BCUT2D eigenvalue weighted by Gasteiger charge is 2.32. The summed E-state index contributed by atoms with van der Waals surface area (Å²) in [6, 6.07) is 6.14. The second kappa shape index (κ2) is 8.61. The number of hydrogen-bond donors (Lipinski definition) is 3. The van der Waals surface area contributed by atoms with E-state index in [1.807, 2.05) is 12.1 Å². The van der Waals surface area contributed by atoms with E-state index in [4.69, 9.17) is 16.7 Å². The lowest BCUT2D eigenvalue weighted by atomic mass is 9.86. The number of anilines is 1. The average molecular weight is 394 g/mol. The summed E-state index contributed by atoms with van der Waals surface area (Å²) in [5, 5.41) is 15.2. The van der Waals surface area contributed by atoms with Gasteiger partial charge in [-0.05, 0) is 50.7 Å². The standard InChI is InChI=1S/C19H24ClN3O4/c20-14-4-1-2-6-16(14)23-11-3-5-15(17(23)24)22-19(27)21-13-9-7-12(8-10-13)18(25)26/h1-2,4,6,12-13,15H,3,5,7-11H2,(H,25,26)(H2,21,22,27). The predicted molar refractivity (Wildman–Crippen MR) is 102 cm³/mol. The highest BCUT2D eigenvalue weighted by molar-refractivity contribution is 6.33. The Kier molecular flexibility index (Phi) is 6.21. The second-order valence-corrected chi connectivity index (χ2v) is 7.55. The number of hydrogen-bond acceptors (Lipinski definition) is 3.